The lowest BCUT2D eigenvalue weighted by Gasteiger charge is -1.99. The van der Waals surface area contributed by atoms with Crippen molar-refractivity contribution in [3.8, 4) is 0 Å². The van der Waals surface area contributed by atoms with Crippen molar-refractivity contribution in [1.82, 2.24) is 10.2 Å². The van der Waals surface area contributed by atoms with Crippen LogP contribution in [0.1, 0.15) is 5.56 Å². The molecule has 0 saturated carbocycles. The summed E-state index contributed by atoms with van der Waals surface area (Å²) in [5.41, 5.74) is 0.774. The van der Waals surface area contributed by atoms with Crippen molar-refractivity contribution in [2.75, 3.05) is 11.0 Å². The van der Waals surface area contributed by atoms with Crippen LogP contribution in [0.2, 0.25) is 0 Å². The summed E-state index contributed by atoms with van der Waals surface area (Å²) < 4.78 is 23.7. The van der Waals surface area contributed by atoms with Crippen LogP contribution in [0.5, 0.6) is 0 Å². The van der Waals surface area contributed by atoms with Crippen LogP contribution in [0.15, 0.2) is 6.20 Å². The van der Waals surface area contributed by atoms with E-state index >= 15 is 0 Å². The number of anilines is 1. The molecule has 1 heterocycles. The predicted octanol–water partition coefficient (Wildman–Crippen LogP) is 0.0896. The number of aromatic nitrogens is 2. The summed E-state index contributed by atoms with van der Waals surface area (Å²) in [5.74, 6) is 0.424. The zero-order valence-corrected chi connectivity index (χ0v) is 7.07. The van der Waals surface area contributed by atoms with Crippen LogP contribution in [-0.4, -0.2) is 24.9 Å². The maximum atomic E-state index is 10.7. The van der Waals surface area contributed by atoms with Crippen molar-refractivity contribution < 1.29 is 8.42 Å². The standard InChI is InChI=1S/C5H9N3O2S/c1-4-3-6-7-5(4)8-11(2,9)10/h3H,1-2H3,(H2,6,7,8). The van der Waals surface area contributed by atoms with Crippen LogP contribution >= 0.6 is 0 Å². The van der Waals surface area contributed by atoms with Gasteiger partial charge in [-0.3, -0.25) is 9.82 Å². The maximum absolute atomic E-state index is 10.7. The molecule has 0 aliphatic carbocycles. The fraction of sp³-hybridized carbons (Fsp3) is 0.400. The highest BCUT2D eigenvalue weighted by molar-refractivity contribution is 7.92. The molecule has 0 spiro atoms. The second-order valence-corrected chi connectivity index (χ2v) is 4.05. The van der Waals surface area contributed by atoms with Crippen LogP contribution in [-0.2, 0) is 10.0 Å². The van der Waals surface area contributed by atoms with Gasteiger partial charge in [0.2, 0.25) is 10.0 Å². The average Bonchev–Trinajstić information content (AvgIpc) is 2.12. The fourth-order valence-corrected chi connectivity index (χ4v) is 1.21. The molecule has 0 aliphatic heterocycles. The Bertz CT molecular complexity index is 340. The van der Waals surface area contributed by atoms with E-state index in [1.807, 2.05) is 0 Å². The van der Waals surface area contributed by atoms with Crippen molar-refractivity contribution in [2.24, 2.45) is 0 Å². The quantitative estimate of drug-likeness (QED) is 0.669. The van der Waals surface area contributed by atoms with E-state index in [4.69, 9.17) is 0 Å². The van der Waals surface area contributed by atoms with Crippen molar-refractivity contribution in [3.63, 3.8) is 0 Å². The zero-order chi connectivity index (χ0) is 8.48. The minimum absolute atomic E-state index is 0.424. The largest absolute Gasteiger partial charge is 0.268 e. The molecule has 2 N–H and O–H groups in total. The second-order valence-electron chi connectivity index (χ2n) is 2.30. The molecule has 0 aliphatic rings. The Morgan fingerprint density at radius 2 is 2.27 bits per heavy atom. The van der Waals surface area contributed by atoms with Gasteiger partial charge in [-0.25, -0.2) is 8.42 Å². The van der Waals surface area contributed by atoms with Gasteiger partial charge < -0.3 is 0 Å². The Balaban J connectivity index is 2.89. The molecule has 0 atom stereocenters. The number of aromatic amines is 1. The van der Waals surface area contributed by atoms with Gasteiger partial charge in [-0.05, 0) is 6.92 Å². The first-order valence-corrected chi connectivity index (χ1v) is 4.86. The lowest BCUT2D eigenvalue weighted by atomic mass is 10.4. The highest BCUT2D eigenvalue weighted by atomic mass is 32.2. The topological polar surface area (TPSA) is 74.8 Å². The number of rotatable bonds is 2. The lowest BCUT2D eigenvalue weighted by molar-refractivity contribution is 0.606. The number of hydrogen-bond donors (Lipinski definition) is 2. The number of hydrogen-bond acceptors (Lipinski definition) is 3. The zero-order valence-electron chi connectivity index (χ0n) is 6.25. The Morgan fingerprint density at radius 3 is 2.64 bits per heavy atom. The van der Waals surface area contributed by atoms with E-state index in [1.165, 1.54) is 0 Å². The number of H-pyrrole nitrogens is 1. The van der Waals surface area contributed by atoms with Gasteiger partial charge in [0.05, 0.1) is 12.5 Å². The van der Waals surface area contributed by atoms with Crippen LogP contribution < -0.4 is 4.72 Å². The van der Waals surface area contributed by atoms with Gasteiger partial charge in [0, 0.05) is 5.56 Å². The molecule has 0 amide bonds. The van der Waals surface area contributed by atoms with Gasteiger partial charge in [0.1, 0.15) is 5.82 Å². The molecule has 6 heteroatoms. The average molecular weight is 175 g/mol. The van der Waals surface area contributed by atoms with Crippen molar-refractivity contribution in [3.05, 3.63) is 11.8 Å². The van der Waals surface area contributed by atoms with E-state index in [1.54, 1.807) is 13.1 Å². The molecule has 0 aromatic carbocycles. The summed E-state index contributed by atoms with van der Waals surface area (Å²) in [4.78, 5) is 0. The molecule has 0 radical (unpaired) electrons. The number of nitrogens with one attached hydrogen (secondary N) is 2. The predicted molar refractivity (Wildman–Crippen MR) is 41.8 cm³/mol. The third-order valence-electron chi connectivity index (χ3n) is 1.12. The van der Waals surface area contributed by atoms with Crippen LogP contribution in [0, 0.1) is 6.92 Å². The smallest absolute Gasteiger partial charge is 0.230 e. The third kappa shape index (κ3) is 2.23. The number of sulfonamides is 1. The highest BCUT2D eigenvalue weighted by Gasteiger charge is 2.04. The summed E-state index contributed by atoms with van der Waals surface area (Å²) in [6.45, 7) is 1.76. The van der Waals surface area contributed by atoms with Gasteiger partial charge in [-0.1, -0.05) is 0 Å². The molecule has 1 aromatic rings. The Kier molecular flexibility index (Phi) is 1.86. The minimum Gasteiger partial charge on any atom is -0.268 e. The molecule has 0 unspecified atom stereocenters. The first kappa shape index (κ1) is 8.06. The van der Waals surface area contributed by atoms with E-state index in [0.29, 0.717) is 5.82 Å². The van der Waals surface area contributed by atoms with E-state index in [9.17, 15) is 8.42 Å². The number of aryl methyl sites for hydroxylation is 1. The minimum atomic E-state index is -3.19. The fourth-order valence-electron chi connectivity index (χ4n) is 0.635. The van der Waals surface area contributed by atoms with Gasteiger partial charge in [0.25, 0.3) is 0 Å². The monoisotopic (exact) mass is 175 g/mol. The van der Waals surface area contributed by atoms with Gasteiger partial charge in [-0.15, -0.1) is 0 Å². The van der Waals surface area contributed by atoms with Gasteiger partial charge in [-0.2, -0.15) is 5.10 Å². The second kappa shape index (κ2) is 2.54. The molecule has 0 bridgehead atoms. The summed E-state index contributed by atoms with van der Waals surface area (Å²) in [5, 5.41) is 6.18. The molecule has 1 rings (SSSR count). The van der Waals surface area contributed by atoms with E-state index in [-0.39, 0.29) is 0 Å². The van der Waals surface area contributed by atoms with Crippen LogP contribution in [0.4, 0.5) is 5.82 Å². The Morgan fingerprint density at radius 1 is 1.64 bits per heavy atom. The van der Waals surface area contributed by atoms with E-state index in [0.717, 1.165) is 11.8 Å². The molecule has 0 saturated heterocycles. The van der Waals surface area contributed by atoms with Crippen LogP contribution in [0.3, 0.4) is 0 Å². The molecule has 0 fully saturated rings. The van der Waals surface area contributed by atoms with E-state index in [2.05, 4.69) is 14.9 Å². The normalized spacial score (nSPS) is 11.5. The molecule has 5 nitrogen and oxygen atoms in total. The third-order valence-corrected chi connectivity index (χ3v) is 1.69. The highest BCUT2D eigenvalue weighted by Crippen LogP contribution is 2.08. The molecule has 1 aromatic heterocycles. The van der Waals surface area contributed by atoms with E-state index < -0.39 is 10.0 Å². The molecular weight excluding hydrogens is 166 g/mol. The van der Waals surface area contributed by atoms with Crippen molar-refractivity contribution >= 4 is 15.8 Å². The SMILES string of the molecule is Cc1cn[nH]c1NS(C)(=O)=O. The van der Waals surface area contributed by atoms with Crippen molar-refractivity contribution in [2.45, 2.75) is 6.92 Å². The van der Waals surface area contributed by atoms with Crippen molar-refractivity contribution in [1.29, 1.82) is 0 Å². The van der Waals surface area contributed by atoms with Gasteiger partial charge >= 0.3 is 0 Å². The first-order valence-electron chi connectivity index (χ1n) is 2.97. The van der Waals surface area contributed by atoms with Gasteiger partial charge in [0.15, 0.2) is 0 Å². The Hall–Kier alpha value is -1.04. The lowest BCUT2D eigenvalue weighted by Crippen LogP contribution is -2.10. The first-order chi connectivity index (χ1) is 4.99. The van der Waals surface area contributed by atoms with Crippen LogP contribution in [0.25, 0.3) is 0 Å². The summed E-state index contributed by atoms with van der Waals surface area (Å²) in [6, 6.07) is 0. The summed E-state index contributed by atoms with van der Waals surface area (Å²) in [7, 11) is -3.19. The summed E-state index contributed by atoms with van der Waals surface area (Å²) >= 11 is 0. The number of nitrogens with zero attached hydrogens (tertiary/aromatic N) is 1. The molecule has 11 heavy (non-hydrogen) atoms. The maximum Gasteiger partial charge on any atom is 0.230 e. The Labute approximate surface area is 64.9 Å². The summed E-state index contributed by atoms with van der Waals surface area (Å²) in [6.07, 6.45) is 2.64. The molecular formula is C5H9N3O2S. The molecule has 62 valence electrons.